The molecule has 0 aliphatic carbocycles. The number of nitrogens with one attached hydrogen (secondary N) is 1. The Hall–Kier alpha value is -1.66. The molecule has 1 aromatic carbocycles. The molecule has 2 atom stereocenters. The highest BCUT2D eigenvalue weighted by atomic mass is 32.2. The zero-order valence-corrected chi connectivity index (χ0v) is 16.6. The van der Waals surface area contributed by atoms with Gasteiger partial charge < -0.3 is 0 Å². The second-order valence-electron chi connectivity index (χ2n) is 6.49. The molecular weight excluding hydrogens is 334 g/mol. The van der Waals surface area contributed by atoms with Crippen LogP contribution in [0.5, 0.6) is 0 Å². The van der Waals surface area contributed by atoms with Crippen LogP contribution >= 0.6 is 0 Å². The van der Waals surface area contributed by atoms with E-state index in [1.54, 1.807) is 17.8 Å². The Morgan fingerprint density at radius 2 is 1.68 bits per heavy atom. The van der Waals surface area contributed by atoms with E-state index in [1.165, 1.54) is 5.56 Å². The summed E-state index contributed by atoms with van der Waals surface area (Å²) in [5.74, 6) is 0.508. The molecule has 1 heterocycles. The lowest BCUT2D eigenvalue weighted by Gasteiger charge is -2.18. The molecule has 0 saturated carbocycles. The van der Waals surface area contributed by atoms with Gasteiger partial charge in [0, 0.05) is 18.8 Å². The minimum absolute atomic E-state index is 0.250. The van der Waals surface area contributed by atoms with Crippen molar-refractivity contribution in [2.75, 3.05) is 0 Å². The van der Waals surface area contributed by atoms with Crippen LogP contribution in [-0.2, 0) is 16.6 Å². The number of hydrogen-bond donors (Lipinski definition) is 1. The largest absolute Gasteiger partial charge is 0.271 e. The van der Waals surface area contributed by atoms with E-state index in [0.717, 1.165) is 12.0 Å². The van der Waals surface area contributed by atoms with E-state index < -0.39 is 10.0 Å². The van der Waals surface area contributed by atoms with Crippen molar-refractivity contribution in [3.8, 4) is 0 Å². The zero-order chi connectivity index (χ0) is 18.6. The van der Waals surface area contributed by atoms with Crippen molar-refractivity contribution < 1.29 is 8.42 Å². The van der Waals surface area contributed by atoms with Crippen LogP contribution in [0.2, 0.25) is 0 Å². The molecule has 2 rings (SSSR count). The van der Waals surface area contributed by atoms with Crippen molar-refractivity contribution >= 4 is 10.0 Å². The van der Waals surface area contributed by atoms with Crippen LogP contribution in [0.25, 0.3) is 0 Å². The van der Waals surface area contributed by atoms with E-state index in [-0.39, 0.29) is 10.9 Å². The average Bonchev–Trinajstić information content (AvgIpc) is 3.01. The van der Waals surface area contributed by atoms with Crippen LogP contribution in [0, 0.1) is 6.92 Å². The Bertz CT molecular complexity index is 795. The molecule has 1 N–H and O–H groups in total. The van der Waals surface area contributed by atoms with E-state index in [4.69, 9.17) is 0 Å². The highest BCUT2D eigenvalue weighted by Gasteiger charge is 2.24. The van der Waals surface area contributed by atoms with Crippen molar-refractivity contribution in [2.24, 2.45) is 0 Å². The predicted molar refractivity (Wildman–Crippen MR) is 101 cm³/mol. The number of aryl methyl sites for hydroxylation is 2. The molecule has 0 fully saturated rings. The molecular formula is C19H29N3O2S. The first-order valence-corrected chi connectivity index (χ1v) is 10.5. The van der Waals surface area contributed by atoms with Gasteiger partial charge >= 0.3 is 0 Å². The monoisotopic (exact) mass is 363 g/mol. The lowest BCUT2D eigenvalue weighted by Crippen LogP contribution is -2.28. The zero-order valence-electron chi connectivity index (χ0n) is 15.8. The molecule has 2 aromatic rings. The molecule has 5 nitrogen and oxygen atoms in total. The first-order chi connectivity index (χ1) is 11.8. The predicted octanol–water partition coefficient (Wildman–Crippen LogP) is 4.15. The quantitative estimate of drug-likeness (QED) is 0.766. The van der Waals surface area contributed by atoms with Crippen LogP contribution in [-0.4, -0.2) is 18.2 Å². The molecule has 138 valence electrons. The van der Waals surface area contributed by atoms with Crippen LogP contribution in [0.4, 0.5) is 0 Å². The minimum Gasteiger partial charge on any atom is -0.271 e. The van der Waals surface area contributed by atoms with Gasteiger partial charge in [-0.25, -0.2) is 13.1 Å². The van der Waals surface area contributed by atoms with Gasteiger partial charge in [0.15, 0.2) is 0 Å². The van der Waals surface area contributed by atoms with E-state index >= 15 is 0 Å². The van der Waals surface area contributed by atoms with E-state index in [0.29, 0.717) is 24.6 Å². The first-order valence-electron chi connectivity index (χ1n) is 8.98. The van der Waals surface area contributed by atoms with Gasteiger partial charge in [-0.2, -0.15) is 5.10 Å². The number of benzene rings is 1. The fourth-order valence-electron chi connectivity index (χ4n) is 2.86. The van der Waals surface area contributed by atoms with Crippen molar-refractivity contribution in [2.45, 2.75) is 70.9 Å². The maximum atomic E-state index is 12.8. The molecule has 0 amide bonds. The number of rotatable bonds is 8. The van der Waals surface area contributed by atoms with Gasteiger partial charge in [-0.15, -0.1) is 0 Å². The fourth-order valence-corrected chi connectivity index (χ4v) is 4.35. The van der Waals surface area contributed by atoms with Gasteiger partial charge in [-0.3, -0.25) is 4.68 Å². The molecule has 0 spiro atoms. The topological polar surface area (TPSA) is 64.0 Å². The molecule has 6 heteroatoms. The standard InChI is InChI=1S/C19H29N3O2S/c1-6-14(4)16-9-11-17(12-10-16)18(7-2)21-25(23,24)19-13-22(8-3)20-15(19)5/h9-14,18,21H,6-8H2,1-5H3. The van der Waals surface area contributed by atoms with Crippen LogP contribution in [0.3, 0.4) is 0 Å². The Kier molecular flexibility index (Phi) is 6.41. The second kappa shape index (κ2) is 8.15. The summed E-state index contributed by atoms with van der Waals surface area (Å²) in [7, 11) is -3.60. The van der Waals surface area contributed by atoms with Crippen LogP contribution in [0.1, 0.15) is 69.3 Å². The maximum absolute atomic E-state index is 12.8. The summed E-state index contributed by atoms with van der Waals surface area (Å²) in [6, 6.07) is 8.00. The summed E-state index contributed by atoms with van der Waals surface area (Å²) in [4.78, 5) is 0.254. The van der Waals surface area contributed by atoms with Crippen molar-refractivity contribution in [3.05, 3.63) is 47.3 Å². The minimum atomic E-state index is -3.60. The Morgan fingerprint density at radius 3 is 2.16 bits per heavy atom. The van der Waals surface area contributed by atoms with E-state index in [1.807, 2.05) is 26.0 Å². The summed E-state index contributed by atoms with van der Waals surface area (Å²) in [6.07, 6.45) is 3.36. The molecule has 1 aromatic heterocycles. The Morgan fingerprint density at radius 1 is 1.08 bits per heavy atom. The highest BCUT2D eigenvalue weighted by molar-refractivity contribution is 7.89. The fraction of sp³-hybridized carbons (Fsp3) is 0.526. The number of aromatic nitrogens is 2. The van der Waals surface area contributed by atoms with E-state index in [2.05, 4.69) is 35.8 Å². The average molecular weight is 364 g/mol. The normalized spacial score (nSPS) is 14.4. The Balaban J connectivity index is 2.24. The van der Waals surface area contributed by atoms with Gasteiger partial charge in [0.2, 0.25) is 10.0 Å². The lowest BCUT2D eigenvalue weighted by atomic mass is 9.96. The summed E-state index contributed by atoms with van der Waals surface area (Å²) < 4.78 is 30.0. The van der Waals surface area contributed by atoms with Crippen molar-refractivity contribution in [1.29, 1.82) is 0 Å². The van der Waals surface area contributed by atoms with Gasteiger partial charge in [0.05, 0.1) is 5.69 Å². The second-order valence-corrected chi connectivity index (χ2v) is 8.17. The summed E-state index contributed by atoms with van der Waals surface area (Å²) in [6.45, 7) is 10.7. The van der Waals surface area contributed by atoms with Crippen LogP contribution in [0.15, 0.2) is 35.4 Å². The Labute approximate surface area is 151 Å². The van der Waals surface area contributed by atoms with Gasteiger partial charge in [-0.05, 0) is 43.7 Å². The first kappa shape index (κ1) is 19.7. The molecule has 0 aliphatic heterocycles. The maximum Gasteiger partial charge on any atom is 0.244 e. The third-order valence-corrected chi connectivity index (χ3v) is 6.32. The molecule has 25 heavy (non-hydrogen) atoms. The van der Waals surface area contributed by atoms with Gasteiger partial charge in [-0.1, -0.05) is 45.0 Å². The SMILES string of the molecule is CCC(C)c1ccc(C(CC)NS(=O)(=O)c2cn(CC)nc2C)cc1. The molecule has 2 unspecified atom stereocenters. The summed E-state index contributed by atoms with van der Waals surface area (Å²) >= 11 is 0. The summed E-state index contributed by atoms with van der Waals surface area (Å²) in [5, 5.41) is 4.24. The lowest BCUT2D eigenvalue weighted by molar-refractivity contribution is 0.549. The molecule has 0 bridgehead atoms. The molecule has 0 saturated heterocycles. The van der Waals surface area contributed by atoms with Crippen molar-refractivity contribution in [1.82, 2.24) is 14.5 Å². The van der Waals surface area contributed by atoms with Crippen LogP contribution < -0.4 is 4.72 Å². The highest BCUT2D eigenvalue weighted by Crippen LogP contribution is 2.24. The number of sulfonamides is 1. The van der Waals surface area contributed by atoms with Gasteiger partial charge in [0.1, 0.15) is 4.90 Å². The third-order valence-electron chi connectivity index (χ3n) is 4.74. The van der Waals surface area contributed by atoms with Crippen molar-refractivity contribution in [3.63, 3.8) is 0 Å². The number of hydrogen-bond acceptors (Lipinski definition) is 3. The van der Waals surface area contributed by atoms with E-state index in [9.17, 15) is 8.42 Å². The molecule has 0 radical (unpaired) electrons. The smallest absolute Gasteiger partial charge is 0.244 e. The third kappa shape index (κ3) is 4.50. The summed E-state index contributed by atoms with van der Waals surface area (Å²) in [5.41, 5.74) is 2.79. The van der Waals surface area contributed by atoms with Gasteiger partial charge in [0.25, 0.3) is 0 Å². The number of nitrogens with zero attached hydrogens (tertiary/aromatic N) is 2. The molecule has 0 aliphatic rings.